The van der Waals surface area contributed by atoms with E-state index in [9.17, 15) is 14.9 Å². The van der Waals surface area contributed by atoms with Crippen LogP contribution in [0.5, 0.6) is 0 Å². The molecule has 2 rings (SSSR count). The van der Waals surface area contributed by atoms with E-state index in [2.05, 4.69) is 11.4 Å². The van der Waals surface area contributed by atoms with E-state index in [1.807, 2.05) is 58.2 Å². The molecule has 0 spiro atoms. The highest BCUT2D eigenvalue weighted by molar-refractivity contribution is 7.15. The Bertz CT molecular complexity index is 929. The molecular formula is C21H27N3O3S. The molecule has 7 heteroatoms. The predicted octanol–water partition coefficient (Wildman–Crippen LogP) is 3.98. The molecule has 150 valence electrons. The van der Waals surface area contributed by atoms with Crippen LogP contribution in [0.2, 0.25) is 0 Å². The van der Waals surface area contributed by atoms with Crippen molar-refractivity contribution in [1.29, 1.82) is 5.26 Å². The van der Waals surface area contributed by atoms with Crippen molar-refractivity contribution in [3.63, 3.8) is 0 Å². The van der Waals surface area contributed by atoms with Crippen LogP contribution in [0.25, 0.3) is 5.00 Å². The number of carbonyl (C=O) groups excluding carboxylic acids is 2. The second kappa shape index (κ2) is 8.19. The van der Waals surface area contributed by atoms with Crippen molar-refractivity contribution >= 4 is 23.2 Å². The van der Waals surface area contributed by atoms with Crippen LogP contribution in [-0.2, 0) is 9.53 Å². The second-order valence-electron chi connectivity index (χ2n) is 7.51. The van der Waals surface area contributed by atoms with Gasteiger partial charge < -0.3 is 14.6 Å². The lowest BCUT2D eigenvalue weighted by Gasteiger charge is -2.27. The summed E-state index contributed by atoms with van der Waals surface area (Å²) in [6.07, 6.45) is 0. The van der Waals surface area contributed by atoms with Gasteiger partial charge in [0, 0.05) is 16.3 Å². The molecule has 28 heavy (non-hydrogen) atoms. The first-order valence-corrected chi connectivity index (χ1v) is 9.98. The van der Waals surface area contributed by atoms with Crippen molar-refractivity contribution in [2.75, 3.05) is 6.61 Å². The summed E-state index contributed by atoms with van der Waals surface area (Å²) in [5.41, 5.74) is 2.36. The molecule has 0 aliphatic rings. The van der Waals surface area contributed by atoms with E-state index >= 15 is 0 Å². The fraction of sp³-hybridized carbons (Fsp3) is 0.476. The molecule has 0 aliphatic heterocycles. The Morgan fingerprint density at radius 3 is 2.32 bits per heavy atom. The zero-order chi connectivity index (χ0) is 21.2. The molecule has 1 amide bonds. The zero-order valence-electron chi connectivity index (χ0n) is 17.5. The van der Waals surface area contributed by atoms with Gasteiger partial charge in [0.2, 0.25) is 0 Å². The molecule has 2 heterocycles. The highest BCUT2D eigenvalue weighted by Crippen LogP contribution is 2.33. The summed E-state index contributed by atoms with van der Waals surface area (Å²) < 4.78 is 7.33. The van der Waals surface area contributed by atoms with Crippen LogP contribution in [-0.4, -0.2) is 28.6 Å². The van der Waals surface area contributed by atoms with Gasteiger partial charge in [-0.25, -0.2) is 4.79 Å². The number of nitrogens with zero attached hydrogens (tertiary/aromatic N) is 2. The van der Waals surface area contributed by atoms with E-state index < -0.39 is 24.0 Å². The minimum Gasteiger partial charge on any atom is -0.452 e. The van der Waals surface area contributed by atoms with Gasteiger partial charge in [-0.1, -0.05) is 13.8 Å². The summed E-state index contributed by atoms with van der Waals surface area (Å²) in [4.78, 5) is 26.1. The molecule has 6 nitrogen and oxygen atoms in total. The van der Waals surface area contributed by atoms with Gasteiger partial charge in [-0.05, 0) is 58.2 Å². The Balaban J connectivity index is 2.22. The fourth-order valence-electron chi connectivity index (χ4n) is 2.83. The van der Waals surface area contributed by atoms with Crippen LogP contribution in [0.4, 0.5) is 0 Å². The van der Waals surface area contributed by atoms with Crippen LogP contribution < -0.4 is 5.32 Å². The van der Waals surface area contributed by atoms with E-state index in [4.69, 9.17) is 4.74 Å². The van der Waals surface area contributed by atoms with E-state index in [0.29, 0.717) is 5.56 Å². The summed E-state index contributed by atoms with van der Waals surface area (Å²) >= 11 is 1.53. The molecule has 0 unspecified atom stereocenters. The maximum atomic E-state index is 12.8. The molecule has 0 saturated carbocycles. The Kier molecular flexibility index (Phi) is 6.35. The number of nitriles is 1. The maximum absolute atomic E-state index is 12.8. The van der Waals surface area contributed by atoms with Gasteiger partial charge in [-0.15, -0.1) is 11.3 Å². The number of aromatic nitrogens is 1. The SMILES string of the molecule is Cc1sc(-n2c(C)ccc2C)c(C(=O)OCC(=O)N[C@](C)(C#N)C(C)C)c1C. The fourth-order valence-corrected chi connectivity index (χ4v) is 4.09. The van der Waals surface area contributed by atoms with E-state index in [1.165, 1.54) is 11.3 Å². The second-order valence-corrected chi connectivity index (χ2v) is 8.71. The minimum atomic E-state index is -1.01. The number of rotatable bonds is 6. The number of esters is 1. The molecule has 0 aliphatic carbocycles. The summed E-state index contributed by atoms with van der Waals surface area (Å²) in [6, 6.07) is 6.10. The van der Waals surface area contributed by atoms with Crippen molar-refractivity contribution in [3.05, 3.63) is 39.5 Å². The Morgan fingerprint density at radius 1 is 1.25 bits per heavy atom. The highest BCUT2D eigenvalue weighted by Gasteiger charge is 2.31. The molecule has 1 atom stereocenters. The number of hydrogen-bond acceptors (Lipinski definition) is 5. The molecule has 0 saturated heterocycles. The molecule has 0 bridgehead atoms. The van der Waals surface area contributed by atoms with Crippen LogP contribution in [0, 0.1) is 44.9 Å². The van der Waals surface area contributed by atoms with E-state index in [-0.39, 0.29) is 5.92 Å². The normalized spacial score (nSPS) is 13.1. The third kappa shape index (κ3) is 4.12. The molecule has 2 aromatic heterocycles. The van der Waals surface area contributed by atoms with Gasteiger partial charge in [0.25, 0.3) is 5.91 Å². The molecule has 1 N–H and O–H groups in total. The van der Waals surface area contributed by atoms with Crippen molar-refractivity contribution in [3.8, 4) is 11.1 Å². The van der Waals surface area contributed by atoms with Crippen LogP contribution in [0.15, 0.2) is 12.1 Å². The number of ether oxygens (including phenoxy) is 1. The summed E-state index contributed by atoms with van der Waals surface area (Å²) in [7, 11) is 0. The molecule has 0 radical (unpaired) electrons. The van der Waals surface area contributed by atoms with Crippen molar-refractivity contribution in [1.82, 2.24) is 9.88 Å². The smallest absolute Gasteiger partial charge is 0.341 e. The number of carbonyl (C=O) groups is 2. The molecule has 0 aromatic carbocycles. The predicted molar refractivity (Wildman–Crippen MR) is 110 cm³/mol. The highest BCUT2D eigenvalue weighted by atomic mass is 32.1. The van der Waals surface area contributed by atoms with Gasteiger partial charge in [-0.3, -0.25) is 4.79 Å². The van der Waals surface area contributed by atoms with Gasteiger partial charge >= 0.3 is 5.97 Å². The van der Waals surface area contributed by atoms with Crippen molar-refractivity contribution in [2.45, 2.75) is 54.0 Å². The monoisotopic (exact) mass is 401 g/mol. The molecular weight excluding hydrogens is 374 g/mol. The largest absolute Gasteiger partial charge is 0.452 e. The zero-order valence-corrected chi connectivity index (χ0v) is 18.3. The topological polar surface area (TPSA) is 84.1 Å². The van der Waals surface area contributed by atoms with Crippen molar-refractivity contribution < 1.29 is 14.3 Å². The van der Waals surface area contributed by atoms with E-state index in [1.54, 1.807) is 6.92 Å². The van der Waals surface area contributed by atoms with Gasteiger partial charge in [0.1, 0.15) is 10.5 Å². The average molecular weight is 402 g/mol. The number of hydrogen-bond donors (Lipinski definition) is 1. The number of aryl methyl sites for hydroxylation is 3. The lowest BCUT2D eigenvalue weighted by atomic mass is 9.90. The summed E-state index contributed by atoms with van der Waals surface area (Å²) in [5, 5.41) is 12.8. The lowest BCUT2D eigenvalue weighted by molar-refractivity contribution is -0.125. The van der Waals surface area contributed by atoms with Crippen molar-refractivity contribution in [2.24, 2.45) is 5.92 Å². The first-order valence-electron chi connectivity index (χ1n) is 9.16. The average Bonchev–Trinajstić information content (AvgIpc) is 3.11. The summed E-state index contributed by atoms with van der Waals surface area (Å²) in [5.74, 6) is -1.11. The Labute approximate surface area is 170 Å². The molecule has 0 fully saturated rings. The van der Waals surface area contributed by atoms with Gasteiger partial charge in [0.15, 0.2) is 6.61 Å². The third-order valence-corrected chi connectivity index (χ3v) is 6.36. The number of amides is 1. The summed E-state index contributed by atoms with van der Waals surface area (Å²) in [6.45, 7) is 12.7. The quantitative estimate of drug-likeness (QED) is 0.742. The lowest BCUT2D eigenvalue weighted by Crippen LogP contribution is -2.50. The Hall–Kier alpha value is -2.59. The first kappa shape index (κ1) is 21.7. The minimum absolute atomic E-state index is 0.0785. The van der Waals surface area contributed by atoms with Crippen LogP contribution in [0.3, 0.4) is 0 Å². The number of thiophene rings is 1. The first-order chi connectivity index (χ1) is 13.0. The Morgan fingerprint density at radius 2 is 1.82 bits per heavy atom. The maximum Gasteiger partial charge on any atom is 0.341 e. The van der Waals surface area contributed by atoms with Gasteiger partial charge in [0.05, 0.1) is 11.6 Å². The standard InChI is InChI=1S/C21H27N3O3S/c1-12(2)21(7,11-22)23-17(25)10-27-20(26)18-15(5)16(6)28-19(18)24-13(3)8-9-14(24)4/h8-9,12H,10H2,1-7H3,(H,23,25)/t21-/m1/s1. The number of nitrogens with one attached hydrogen (secondary N) is 1. The van der Waals surface area contributed by atoms with Gasteiger partial charge in [-0.2, -0.15) is 5.26 Å². The van der Waals surface area contributed by atoms with Crippen LogP contribution >= 0.6 is 11.3 Å². The third-order valence-electron chi connectivity index (χ3n) is 5.17. The van der Waals surface area contributed by atoms with Crippen LogP contribution in [0.1, 0.15) is 53.0 Å². The molecule has 2 aromatic rings. The van der Waals surface area contributed by atoms with E-state index in [0.717, 1.165) is 26.8 Å².